The van der Waals surface area contributed by atoms with Gasteiger partial charge in [0.1, 0.15) is 5.82 Å². The SMILES string of the molecule is Cc1c(F)ccc2c1CC(C)C=C2. The molecule has 0 saturated carbocycles. The predicted molar refractivity (Wildman–Crippen MR) is 53.0 cm³/mol. The number of allylic oxidation sites excluding steroid dienone is 1. The molecule has 1 aliphatic carbocycles. The van der Waals surface area contributed by atoms with E-state index >= 15 is 0 Å². The summed E-state index contributed by atoms with van der Waals surface area (Å²) in [5, 5.41) is 0. The summed E-state index contributed by atoms with van der Waals surface area (Å²) in [6, 6.07) is 3.41. The lowest BCUT2D eigenvalue weighted by Crippen LogP contribution is -2.06. The molecule has 0 saturated heterocycles. The molecule has 0 spiro atoms. The van der Waals surface area contributed by atoms with E-state index in [-0.39, 0.29) is 5.82 Å². The fraction of sp³-hybridized carbons (Fsp3) is 0.333. The third kappa shape index (κ3) is 1.39. The van der Waals surface area contributed by atoms with Crippen molar-refractivity contribution in [2.75, 3.05) is 0 Å². The summed E-state index contributed by atoms with van der Waals surface area (Å²) in [7, 11) is 0. The van der Waals surface area contributed by atoms with Crippen molar-refractivity contribution in [2.45, 2.75) is 20.3 Å². The maximum absolute atomic E-state index is 13.2. The van der Waals surface area contributed by atoms with E-state index < -0.39 is 0 Å². The topological polar surface area (TPSA) is 0 Å². The van der Waals surface area contributed by atoms with Crippen molar-refractivity contribution in [1.29, 1.82) is 0 Å². The van der Waals surface area contributed by atoms with Crippen molar-refractivity contribution < 1.29 is 4.39 Å². The summed E-state index contributed by atoms with van der Waals surface area (Å²) in [4.78, 5) is 0. The predicted octanol–water partition coefficient (Wildman–Crippen LogP) is 3.34. The first-order valence-corrected chi connectivity index (χ1v) is 4.64. The Hall–Kier alpha value is -1.11. The van der Waals surface area contributed by atoms with Crippen LogP contribution in [0.1, 0.15) is 23.6 Å². The van der Waals surface area contributed by atoms with Gasteiger partial charge >= 0.3 is 0 Å². The first-order valence-electron chi connectivity index (χ1n) is 4.64. The molecule has 2 rings (SSSR count). The average molecular weight is 176 g/mol. The van der Waals surface area contributed by atoms with Crippen molar-refractivity contribution in [3.63, 3.8) is 0 Å². The normalized spacial score (nSPS) is 20.1. The van der Waals surface area contributed by atoms with Crippen molar-refractivity contribution in [3.05, 3.63) is 40.7 Å². The third-order valence-corrected chi connectivity index (χ3v) is 2.70. The van der Waals surface area contributed by atoms with Gasteiger partial charge in [-0.3, -0.25) is 0 Å². The second kappa shape index (κ2) is 2.99. The Kier molecular flexibility index (Phi) is 1.95. The zero-order valence-corrected chi connectivity index (χ0v) is 7.97. The Balaban J connectivity index is 2.57. The minimum atomic E-state index is -0.0822. The van der Waals surface area contributed by atoms with Gasteiger partial charge in [0.05, 0.1) is 0 Å². The molecule has 1 unspecified atom stereocenters. The smallest absolute Gasteiger partial charge is 0.126 e. The van der Waals surface area contributed by atoms with E-state index in [1.165, 1.54) is 11.1 Å². The molecule has 0 nitrogen and oxygen atoms in total. The van der Waals surface area contributed by atoms with Gasteiger partial charge in [-0.05, 0) is 42.0 Å². The highest BCUT2D eigenvalue weighted by Crippen LogP contribution is 2.26. The lowest BCUT2D eigenvalue weighted by atomic mass is 9.88. The van der Waals surface area contributed by atoms with Crippen molar-refractivity contribution in [3.8, 4) is 0 Å². The maximum atomic E-state index is 13.2. The minimum Gasteiger partial charge on any atom is -0.207 e. The van der Waals surface area contributed by atoms with E-state index in [9.17, 15) is 4.39 Å². The van der Waals surface area contributed by atoms with Gasteiger partial charge < -0.3 is 0 Å². The van der Waals surface area contributed by atoms with Gasteiger partial charge in [0, 0.05) is 0 Å². The summed E-state index contributed by atoms with van der Waals surface area (Å²) < 4.78 is 13.2. The molecule has 0 amide bonds. The molecule has 0 heterocycles. The van der Waals surface area contributed by atoms with Gasteiger partial charge in [-0.25, -0.2) is 4.39 Å². The standard InChI is InChI=1S/C12H13F/c1-8-3-4-10-5-6-12(13)9(2)11(10)7-8/h3-6,8H,7H2,1-2H3. The van der Waals surface area contributed by atoms with Crippen LogP contribution in [-0.2, 0) is 6.42 Å². The van der Waals surface area contributed by atoms with E-state index in [0.717, 1.165) is 12.0 Å². The maximum Gasteiger partial charge on any atom is 0.126 e. The number of hydrogen-bond acceptors (Lipinski definition) is 0. The van der Waals surface area contributed by atoms with Crippen LogP contribution < -0.4 is 0 Å². The van der Waals surface area contributed by atoms with Gasteiger partial charge in [-0.2, -0.15) is 0 Å². The molecule has 0 aliphatic heterocycles. The Morgan fingerprint density at radius 2 is 2.15 bits per heavy atom. The highest BCUT2D eigenvalue weighted by Gasteiger charge is 2.13. The molecule has 68 valence electrons. The van der Waals surface area contributed by atoms with Crippen molar-refractivity contribution in [1.82, 2.24) is 0 Å². The van der Waals surface area contributed by atoms with Gasteiger partial charge in [0.15, 0.2) is 0 Å². The molecule has 0 radical (unpaired) electrons. The van der Waals surface area contributed by atoms with Crippen LogP contribution in [-0.4, -0.2) is 0 Å². The van der Waals surface area contributed by atoms with Crippen LogP contribution in [0, 0.1) is 18.7 Å². The number of hydrogen-bond donors (Lipinski definition) is 0. The highest BCUT2D eigenvalue weighted by atomic mass is 19.1. The molecule has 0 N–H and O–H groups in total. The van der Waals surface area contributed by atoms with Crippen LogP contribution in [0.2, 0.25) is 0 Å². The van der Waals surface area contributed by atoms with Crippen LogP contribution in [0.15, 0.2) is 18.2 Å². The Bertz CT molecular complexity index is 364. The quantitative estimate of drug-likeness (QED) is 0.568. The Morgan fingerprint density at radius 3 is 2.92 bits per heavy atom. The molecule has 1 aliphatic rings. The van der Waals surface area contributed by atoms with Crippen LogP contribution >= 0.6 is 0 Å². The number of rotatable bonds is 0. The van der Waals surface area contributed by atoms with Gasteiger partial charge in [0.25, 0.3) is 0 Å². The number of halogens is 1. The summed E-state index contributed by atoms with van der Waals surface area (Å²) >= 11 is 0. The molecule has 0 fully saturated rings. The lowest BCUT2D eigenvalue weighted by Gasteiger charge is -2.18. The molecule has 1 heteroatoms. The molecular formula is C12H13F. The highest BCUT2D eigenvalue weighted by molar-refractivity contribution is 5.58. The summed E-state index contributed by atoms with van der Waals surface area (Å²) in [5.41, 5.74) is 3.17. The largest absolute Gasteiger partial charge is 0.207 e. The second-order valence-electron chi connectivity index (χ2n) is 3.78. The average Bonchev–Trinajstić information content (AvgIpc) is 2.12. The Morgan fingerprint density at radius 1 is 1.38 bits per heavy atom. The summed E-state index contributed by atoms with van der Waals surface area (Å²) in [6.07, 6.45) is 5.24. The Labute approximate surface area is 78.1 Å². The first kappa shape index (κ1) is 8.49. The first-order chi connectivity index (χ1) is 6.18. The molecule has 1 aromatic rings. The van der Waals surface area contributed by atoms with E-state index in [1.807, 2.05) is 13.0 Å². The van der Waals surface area contributed by atoms with Gasteiger partial charge in [-0.1, -0.05) is 25.1 Å². The number of fused-ring (bicyclic) bond motifs is 1. The summed E-state index contributed by atoms with van der Waals surface area (Å²) in [5.74, 6) is 0.453. The lowest BCUT2D eigenvalue weighted by molar-refractivity contribution is 0.609. The van der Waals surface area contributed by atoms with Gasteiger partial charge in [-0.15, -0.1) is 0 Å². The fourth-order valence-corrected chi connectivity index (χ4v) is 1.83. The zero-order chi connectivity index (χ0) is 9.42. The molecule has 0 aromatic heterocycles. The third-order valence-electron chi connectivity index (χ3n) is 2.70. The zero-order valence-electron chi connectivity index (χ0n) is 7.97. The molecule has 13 heavy (non-hydrogen) atoms. The van der Waals surface area contributed by atoms with Crippen LogP contribution in [0.25, 0.3) is 6.08 Å². The number of benzene rings is 1. The summed E-state index contributed by atoms with van der Waals surface area (Å²) in [6.45, 7) is 4.02. The van der Waals surface area contributed by atoms with E-state index in [1.54, 1.807) is 6.07 Å². The van der Waals surface area contributed by atoms with E-state index in [0.29, 0.717) is 5.92 Å². The molecular weight excluding hydrogens is 163 g/mol. The van der Waals surface area contributed by atoms with Crippen LogP contribution in [0.3, 0.4) is 0 Å². The van der Waals surface area contributed by atoms with Crippen molar-refractivity contribution in [2.24, 2.45) is 5.92 Å². The van der Waals surface area contributed by atoms with E-state index in [2.05, 4.69) is 19.1 Å². The van der Waals surface area contributed by atoms with Crippen LogP contribution in [0.4, 0.5) is 4.39 Å². The molecule has 1 aromatic carbocycles. The monoisotopic (exact) mass is 176 g/mol. The minimum absolute atomic E-state index is 0.0822. The molecule has 0 bridgehead atoms. The van der Waals surface area contributed by atoms with E-state index in [4.69, 9.17) is 0 Å². The fourth-order valence-electron chi connectivity index (χ4n) is 1.83. The van der Waals surface area contributed by atoms with Crippen molar-refractivity contribution >= 4 is 6.08 Å². The van der Waals surface area contributed by atoms with Gasteiger partial charge in [0.2, 0.25) is 0 Å². The second-order valence-corrected chi connectivity index (χ2v) is 3.78. The van der Waals surface area contributed by atoms with Crippen LogP contribution in [0.5, 0.6) is 0 Å². The molecule has 1 atom stereocenters.